The van der Waals surface area contributed by atoms with Crippen molar-refractivity contribution in [2.45, 2.75) is 11.5 Å². The molecular weight excluding hydrogens is 371 g/mol. The number of carbonyl (C=O) groups excluding carboxylic acids is 2. The zero-order valence-electron chi connectivity index (χ0n) is 15.8. The van der Waals surface area contributed by atoms with Crippen molar-refractivity contribution in [3.63, 3.8) is 0 Å². The van der Waals surface area contributed by atoms with E-state index in [-0.39, 0.29) is 29.2 Å². The first-order valence-electron chi connectivity index (χ1n) is 9.49. The minimum Gasteiger partial charge on any atom is -0.461 e. The molecule has 3 atom stereocenters. The summed E-state index contributed by atoms with van der Waals surface area (Å²) in [5.41, 5.74) is 1.15. The summed E-state index contributed by atoms with van der Waals surface area (Å²) in [4.78, 5) is 29.0. The number of halogens is 1. The molecule has 29 heavy (non-hydrogen) atoms. The molecule has 1 aromatic heterocycles. The molecule has 5 nitrogen and oxygen atoms in total. The van der Waals surface area contributed by atoms with E-state index in [0.29, 0.717) is 12.2 Å². The number of para-hydroxylation sites is 1. The maximum Gasteiger partial charge on any atom is 0.250 e. The molecule has 1 N–H and O–H groups in total. The number of ketones is 1. The molecule has 3 aromatic rings. The molecule has 0 aliphatic carbocycles. The van der Waals surface area contributed by atoms with Gasteiger partial charge in [0.05, 0.1) is 12.2 Å². The predicted molar refractivity (Wildman–Crippen MR) is 105 cm³/mol. The van der Waals surface area contributed by atoms with Crippen molar-refractivity contribution in [3.05, 3.63) is 89.6 Å². The molecule has 1 spiro atoms. The number of likely N-dealkylation sites (tertiary alicyclic amines) is 1. The minimum absolute atomic E-state index is 0.217. The highest BCUT2D eigenvalue weighted by atomic mass is 19.1. The number of nitrogens with zero attached hydrogens (tertiary/aromatic N) is 1. The summed E-state index contributed by atoms with van der Waals surface area (Å²) in [7, 11) is 1.85. The van der Waals surface area contributed by atoms with Crippen molar-refractivity contribution >= 4 is 17.4 Å². The quantitative estimate of drug-likeness (QED) is 0.691. The van der Waals surface area contributed by atoms with E-state index in [0.717, 1.165) is 11.1 Å². The standard InChI is InChI=1S/C23H19FN2O3/c1-26-13-16(14-8-10-15(24)11-9-14)20(21(27)19-7-4-12-29-19)23(26)17-5-2-3-6-18(17)25-22(23)28/h2-12,16,20H,13H2,1H3,(H,25,28)/t16-,20-,23-/m1/s1. The van der Waals surface area contributed by atoms with Gasteiger partial charge in [-0.15, -0.1) is 0 Å². The molecule has 1 fully saturated rings. The Kier molecular flexibility index (Phi) is 3.93. The number of hydrogen-bond acceptors (Lipinski definition) is 4. The van der Waals surface area contributed by atoms with Crippen LogP contribution < -0.4 is 5.32 Å². The van der Waals surface area contributed by atoms with Crippen molar-refractivity contribution in [3.8, 4) is 0 Å². The zero-order chi connectivity index (χ0) is 20.2. The highest BCUT2D eigenvalue weighted by Gasteiger charge is 2.64. The average molecular weight is 390 g/mol. The van der Waals surface area contributed by atoms with Crippen LogP contribution in [-0.2, 0) is 10.3 Å². The number of amides is 1. The van der Waals surface area contributed by atoms with Crippen LogP contribution in [0.1, 0.15) is 27.6 Å². The largest absolute Gasteiger partial charge is 0.461 e. The van der Waals surface area contributed by atoms with Gasteiger partial charge < -0.3 is 9.73 Å². The summed E-state index contributed by atoms with van der Waals surface area (Å²) < 4.78 is 18.9. The molecule has 1 saturated heterocycles. The molecule has 1 amide bonds. The average Bonchev–Trinajstić information content (AvgIpc) is 3.42. The molecule has 3 heterocycles. The normalized spacial score (nSPS) is 25.9. The van der Waals surface area contributed by atoms with Crippen molar-refractivity contribution in [2.24, 2.45) is 5.92 Å². The Balaban J connectivity index is 1.73. The van der Waals surface area contributed by atoms with Gasteiger partial charge in [-0.3, -0.25) is 14.5 Å². The van der Waals surface area contributed by atoms with E-state index in [1.165, 1.54) is 18.4 Å². The molecule has 6 heteroatoms. The Labute approximate surface area is 167 Å². The number of furan rings is 1. The number of likely N-dealkylation sites (N-methyl/N-ethyl adjacent to an activating group) is 1. The van der Waals surface area contributed by atoms with Crippen LogP contribution in [-0.4, -0.2) is 30.2 Å². The molecule has 0 saturated carbocycles. The van der Waals surface area contributed by atoms with E-state index in [4.69, 9.17) is 4.42 Å². The van der Waals surface area contributed by atoms with Gasteiger partial charge in [-0.2, -0.15) is 0 Å². The van der Waals surface area contributed by atoms with Gasteiger partial charge in [-0.25, -0.2) is 4.39 Å². The van der Waals surface area contributed by atoms with Crippen molar-refractivity contribution in [1.29, 1.82) is 0 Å². The first-order chi connectivity index (χ1) is 14.0. The Morgan fingerprint density at radius 2 is 1.90 bits per heavy atom. The Bertz CT molecular complexity index is 1090. The van der Waals surface area contributed by atoms with E-state index in [2.05, 4.69) is 5.32 Å². The van der Waals surface area contributed by atoms with Gasteiger partial charge in [-0.05, 0) is 42.9 Å². The monoisotopic (exact) mass is 390 g/mol. The zero-order valence-corrected chi connectivity index (χ0v) is 15.8. The minimum atomic E-state index is -1.15. The van der Waals surface area contributed by atoms with E-state index in [1.54, 1.807) is 24.3 Å². The molecule has 5 rings (SSSR count). The van der Waals surface area contributed by atoms with Crippen LogP contribution in [0, 0.1) is 11.7 Å². The van der Waals surface area contributed by atoms with Crippen molar-refractivity contribution in [1.82, 2.24) is 4.90 Å². The Morgan fingerprint density at radius 3 is 2.62 bits per heavy atom. The van der Waals surface area contributed by atoms with Crippen molar-refractivity contribution in [2.75, 3.05) is 18.9 Å². The second-order valence-electron chi connectivity index (χ2n) is 7.62. The van der Waals surface area contributed by atoms with Gasteiger partial charge in [0.1, 0.15) is 11.4 Å². The van der Waals surface area contributed by atoms with Gasteiger partial charge >= 0.3 is 0 Å². The van der Waals surface area contributed by atoms with Crippen LogP contribution in [0.3, 0.4) is 0 Å². The van der Waals surface area contributed by atoms with Crippen LogP contribution >= 0.6 is 0 Å². The summed E-state index contributed by atoms with van der Waals surface area (Å²) >= 11 is 0. The predicted octanol–water partition coefficient (Wildman–Crippen LogP) is 3.79. The van der Waals surface area contributed by atoms with Crippen LogP contribution in [0.25, 0.3) is 0 Å². The number of benzene rings is 2. The van der Waals surface area contributed by atoms with Crippen LogP contribution in [0.5, 0.6) is 0 Å². The number of nitrogens with one attached hydrogen (secondary N) is 1. The first-order valence-corrected chi connectivity index (χ1v) is 9.49. The SMILES string of the molecule is CN1C[C@H](c2ccc(F)cc2)[C@H](C(=O)c2ccco2)[C@]12C(=O)Nc1ccccc12. The summed E-state index contributed by atoms with van der Waals surface area (Å²) in [6.45, 7) is 0.477. The third-order valence-electron chi connectivity index (χ3n) is 6.20. The van der Waals surface area contributed by atoms with E-state index >= 15 is 0 Å². The topological polar surface area (TPSA) is 62.6 Å². The third kappa shape index (κ3) is 2.42. The molecule has 0 radical (unpaired) electrons. The fourth-order valence-corrected chi connectivity index (χ4v) is 4.98. The van der Waals surface area contributed by atoms with Gasteiger partial charge in [0, 0.05) is 23.7 Å². The molecular formula is C23H19FN2O3. The van der Waals surface area contributed by atoms with E-state index in [9.17, 15) is 14.0 Å². The molecule has 0 unspecified atom stereocenters. The number of hydrogen-bond donors (Lipinski definition) is 1. The van der Waals surface area contributed by atoms with Gasteiger partial charge in [0.15, 0.2) is 5.76 Å². The van der Waals surface area contributed by atoms with E-state index in [1.807, 2.05) is 36.2 Å². The second-order valence-corrected chi connectivity index (χ2v) is 7.62. The van der Waals surface area contributed by atoms with Gasteiger partial charge in [0.25, 0.3) is 0 Å². The van der Waals surface area contributed by atoms with Gasteiger partial charge in [0.2, 0.25) is 11.7 Å². The molecule has 2 aliphatic heterocycles. The van der Waals surface area contributed by atoms with Crippen LogP contribution in [0.15, 0.2) is 71.3 Å². The number of anilines is 1. The lowest BCUT2D eigenvalue weighted by Gasteiger charge is -2.35. The highest BCUT2D eigenvalue weighted by Crippen LogP contribution is 2.55. The van der Waals surface area contributed by atoms with Crippen LogP contribution in [0.4, 0.5) is 10.1 Å². The maximum atomic E-state index is 13.6. The third-order valence-corrected chi connectivity index (χ3v) is 6.20. The fraction of sp³-hybridized carbons (Fsp3) is 0.217. The summed E-state index contributed by atoms with van der Waals surface area (Å²) in [6, 6.07) is 16.9. The maximum absolute atomic E-state index is 13.6. The van der Waals surface area contributed by atoms with Crippen molar-refractivity contribution < 1.29 is 18.4 Å². The fourth-order valence-electron chi connectivity index (χ4n) is 4.98. The highest BCUT2D eigenvalue weighted by molar-refractivity contribution is 6.11. The number of carbonyl (C=O) groups is 2. The Morgan fingerprint density at radius 1 is 1.14 bits per heavy atom. The molecule has 0 bridgehead atoms. The lowest BCUT2D eigenvalue weighted by Crippen LogP contribution is -2.51. The lowest BCUT2D eigenvalue weighted by atomic mass is 9.71. The summed E-state index contributed by atoms with van der Waals surface area (Å²) in [6.07, 6.45) is 1.45. The van der Waals surface area contributed by atoms with Gasteiger partial charge in [-0.1, -0.05) is 30.3 Å². The van der Waals surface area contributed by atoms with Crippen LogP contribution in [0.2, 0.25) is 0 Å². The second kappa shape index (κ2) is 6.39. The lowest BCUT2D eigenvalue weighted by molar-refractivity contribution is -0.126. The first kappa shape index (κ1) is 17.8. The Hall–Kier alpha value is -3.25. The molecule has 2 aliphatic rings. The van der Waals surface area contributed by atoms with E-state index < -0.39 is 11.5 Å². The number of rotatable bonds is 3. The molecule has 146 valence electrons. The number of fused-ring (bicyclic) bond motifs is 2. The smallest absolute Gasteiger partial charge is 0.250 e. The number of Topliss-reactive ketones (excluding diaryl/α,β-unsaturated/α-hetero) is 1. The summed E-state index contributed by atoms with van der Waals surface area (Å²) in [5.74, 6) is -1.60. The molecule has 2 aromatic carbocycles. The summed E-state index contributed by atoms with van der Waals surface area (Å²) in [5, 5.41) is 2.95.